The lowest BCUT2D eigenvalue weighted by Gasteiger charge is -2.40. The molecule has 1 unspecified atom stereocenters. The maximum Gasteiger partial charge on any atom is 0.342 e. The zero-order valence-electron chi connectivity index (χ0n) is 21.4. The Kier molecular flexibility index (Phi) is 8.01. The number of esters is 1. The first-order chi connectivity index (χ1) is 16.9. The number of carbonyl (C=O) groups excluding carboxylic acids is 3. The van der Waals surface area contributed by atoms with Crippen molar-refractivity contribution in [1.82, 2.24) is 19.8 Å². The molecule has 0 aliphatic carbocycles. The third kappa shape index (κ3) is 5.67. The smallest absolute Gasteiger partial charge is 0.342 e. The van der Waals surface area contributed by atoms with Crippen LogP contribution < -0.4 is 0 Å². The maximum absolute atomic E-state index is 13.5. The van der Waals surface area contributed by atoms with Crippen LogP contribution in [0.2, 0.25) is 0 Å². The molecule has 3 rings (SSSR count). The molecule has 2 amide bonds. The van der Waals surface area contributed by atoms with Gasteiger partial charge in [-0.3, -0.25) is 19.7 Å². The monoisotopic (exact) mass is 497 g/mol. The summed E-state index contributed by atoms with van der Waals surface area (Å²) in [6, 6.07) is 4.03. The Morgan fingerprint density at radius 3 is 2.44 bits per heavy atom. The molecule has 1 aromatic heterocycles. The highest BCUT2D eigenvalue weighted by atomic mass is 16.6. The zero-order chi connectivity index (χ0) is 26.7. The number of nitrogens with zero attached hydrogens (tertiary/aromatic N) is 5. The van der Waals surface area contributed by atoms with Crippen LogP contribution in [0.5, 0.6) is 0 Å². The number of piperazine rings is 1. The molecule has 192 valence electrons. The summed E-state index contributed by atoms with van der Waals surface area (Å²) < 4.78 is 5.35. The van der Waals surface area contributed by atoms with Crippen LogP contribution in [-0.4, -0.2) is 74.8 Å². The van der Waals surface area contributed by atoms with Gasteiger partial charge in [-0.1, -0.05) is 19.9 Å². The number of rotatable bonds is 6. The summed E-state index contributed by atoms with van der Waals surface area (Å²) in [6.45, 7) is 11.4. The van der Waals surface area contributed by atoms with Crippen molar-refractivity contribution in [1.29, 1.82) is 0 Å². The van der Waals surface area contributed by atoms with Gasteiger partial charge in [0.15, 0.2) is 0 Å². The molecule has 1 fully saturated rings. The SMILES string of the molecule is Cc1nc(C)c(C(=O)OCC(C)C)c(C(=O)N2CCN(C(=O)c3ccc(C)c([N+](=O)[O-])c3)C(C)C2)n1. The van der Waals surface area contributed by atoms with E-state index in [-0.39, 0.29) is 66.6 Å². The van der Waals surface area contributed by atoms with E-state index in [9.17, 15) is 24.5 Å². The van der Waals surface area contributed by atoms with Gasteiger partial charge in [0.05, 0.1) is 17.2 Å². The van der Waals surface area contributed by atoms with Gasteiger partial charge in [0, 0.05) is 42.9 Å². The third-order valence-electron chi connectivity index (χ3n) is 5.98. The number of amides is 2. The molecule has 1 aliphatic rings. The predicted molar refractivity (Wildman–Crippen MR) is 131 cm³/mol. The van der Waals surface area contributed by atoms with Crippen LogP contribution in [0, 0.1) is 36.8 Å². The van der Waals surface area contributed by atoms with Gasteiger partial charge in [0.2, 0.25) is 0 Å². The number of hydrogen-bond donors (Lipinski definition) is 0. The second kappa shape index (κ2) is 10.8. The van der Waals surface area contributed by atoms with Crippen molar-refractivity contribution in [3.63, 3.8) is 0 Å². The number of benzene rings is 1. The van der Waals surface area contributed by atoms with Gasteiger partial charge in [0.25, 0.3) is 17.5 Å². The van der Waals surface area contributed by atoms with Crippen molar-refractivity contribution in [2.24, 2.45) is 5.92 Å². The first-order valence-electron chi connectivity index (χ1n) is 11.8. The minimum atomic E-state index is -0.646. The number of carbonyl (C=O) groups is 3. The molecular weight excluding hydrogens is 466 g/mol. The predicted octanol–water partition coefficient (Wildman–Crippen LogP) is 3.11. The Labute approximate surface area is 209 Å². The van der Waals surface area contributed by atoms with Crippen LogP contribution in [0.25, 0.3) is 0 Å². The van der Waals surface area contributed by atoms with Crippen molar-refractivity contribution < 1.29 is 24.0 Å². The molecule has 2 heterocycles. The molecule has 0 radical (unpaired) electrons. The second-order valence-corrected chi connectivity index (χ2v) is 9.43. The summed E-state index contributed by atoms with van der Waals surface area (Å²) in [6.07, 6.45) is 0. The summed E-state index contributed by atoms with van der Waals surface area (Å²) in [5, 5.41) is 11.3. The number of hydrogen-bond acceptors (Lipinski definition) is 8. The van der Waals surface area contributed by atoms with Gasteiger partial charge < -0.3 is 14.5 Å². The van der Waals surface area contributed by atoms with Crippen molar-refractivity contribution in [2.45, 2.75) is 47.6 Å². The van der Waals surface area contributed by atoms with Gasteiger partial charge in [0.1, 0.15) is 17.1 Å². The third-order valence-corrected chi connectivity index (χ3v) is 5.98. The summed E-state index contributed by atoms with van der Waals surface area (Å²) in [5.74, 6) is -0.943. The van der Waals surface area contributed by atoms with E-state index >= 15 is 0 Å². The maximum atomic E-state index is 13.5. The Balaban J connectivity index is 1.81. The average molecular weight is 498 g/mol. The number of nitro groups is 1. The molecule has 36 heavy (non-hydrogen) atoms. The van der Waals surface area contributed by atoms with E-state index in [1.54, 1.807) is 49.6 Å². The van der Waals surface area contributed by atoms with Crippen molar-refractivity contribution in [3.8, 4) is 0 Å². The van der Waals surface area contributed by atoms with E-state index in [1.807, 2.05) is 13.8 Å². The van der Waals surface area contributed by atoms with Gasteiger partial charge in [-0.2, -0.15) is 0 Å². The molecule has 1 atom stereocenters. The Morgan fingerprint density at radius 2 is 1.83 bits per heavy atom. The van der Waals surface area contributed by atoms with Crippen LogP contribution in [-0.2, 0) is 4.74 Å². The summed E-state index contributed by atoms with van der Waals surface area (Å²) in [4.78, 5) is 61.8. The minimum absolute atomic E-state index is 0.0186. The van der Waals surface area contributed by atoms with E-state index in [0.29, 0.717) is 17.1 Å². The van der Waals surface area contributed by atoms with E-state index < -0.39 is 16.8 Å². The Morgan fingerprint density at radius 1 is 1.14 bits per heavy atom. The fourth-order valence-corrected chi connectivity index (χ4v) is 4.12. The summed E-state index contributed by atoms with van der Waals surface area (Å²) in [5.41, 5.74) is 0.963. The first kappa shape index (κ1) is 26.7. The van der Waals surface area contributed by atoms with Crippen LogP contribution >= 0.6 is 0 Å². The van der Waals surface area contributed by atoms with Crippen molar-refractivity contribution in [2.75, 3.05) is 26.2 Å². The number of ether oxygens (including phenoxy) is 1. The molecule has 0 bridgehead atoms. The lowest BCUT2D eigenvalue weighted by Crippen LogP contribution is -2.55. The van der Waals surface area contributed by atoms with Crippen LogP contribution in [0.4, 0.5) is 5.69 Å². The average Bonchev–Trinajstić information content (AvgIpc) is 2.81. The largest absolute Gasteiger partial charge is 0.462 e. The number of aryl methyl sites for hydroxylation is 3. The van der Waals surface area contributed by atoms with E-state index in [4.69, 9.17) is 4.74 Å². The van der Waals surface area contributed by atoms with E-state index in [1.165, 1.54) is 6.07 Å². The molecule has 0 N–H and O–H groups in total. The topological polar surface area (TPSA) is 136 Å². The van der Waals surface area contributed by atoms with Gasteiger partial charge in [-0.05, 0) is 39.7 Å². The minimum Gasteiger partial charge on any atom is -0.462 e. The Bertz CT molecular complexity index is 1210. The summed E-state index contributed by atoms with van der Waals surface area (Å²) >= 11 is 0. The quantitative estimate of drug-likeness (QED) is 0.337. The van der Waals surface area contributed by atoms with Gasteiger partial charge in [-0.15, -0.1) is 0 Å². The number of aromatic nitrogens is 2. The highest BCUT2D eigenvalue weighted by molar-refractivity contribution is 6.04. The second-order valence-electron chi connectivity index (χ2n) is 9.43. The molecule has 0 saturated carbocycles. The summed E-state index contributed by atoms with van der Waals surface area (Å²) in [7, 11) is 0. The van der Waals surface area contributed by atoms with Crippen molar-refractivity contribution in [3.05, 3.63) is 62.2 Å². The molecule has 0 spiro atoms. The van der Waals surface area contributed by atoms with Crippen LogP contribution in [0.1, 0.15) is 69.1 Å². The lowest BCUT2D eigenvalue weighted by molar-refractivity contribution is -0.385. The highest BCUT2D eigenvalue weighted by Crippen LogP contribution is 2.23. The molecule has 1 aliphatic heterocycles. The van der Waals surface area contributed by atoms with E-state index in [0.717, 1.165) is 0 Å². The molecular formula is C25H31N5O6. The zero-order valence-corrected chi connectivity index (χ0v) is 21.4. The fourth-order valence-electron chi connectivity index (χ4n) is 4.12. The van der Waals surface area contributed by atoms with Crippen molar-refractivity contribution >= 4 is 23.5 Å². The standard InChI is InChI=1S/C25H31N5O6/c1-14(2)13-36-25(33)21-17(5)26-18(6)27-22(21)24(32)28-9-10-29(16(4)12-28)23(31)19-8-7-15(3)20(11-19)30(34)35/h7-8,11,14,16H,9-10,12-13H2,1-6H3. The van der Waals surface area contributed by atoms with Crippen LogP contribution in [0.15, 0.2) is 18.2 Å². The molecule has 1 saturated heterocycles. The fraction of sp³-hybridized carbons (Fsp3) is 0.480. The lowest BCUT2D eigenvalue weighted by atomic mass is 10.1. The molecule has 11 nitrogen and oxygen atoms in total. The first-order valence-corrected chi connectivity index (χ1v) is 11.8. The number of nitro benzene ring substituents is 1. The van der Waals surface area contributed by atoms with Gasteiger partial charge in [-0.25, -0.2) is 14.8 Å². The molecule has 1 aromatic carbocycles. The van der Waals surface area contributed by atoms with Crippen LogP contribution in [0.3, 0.4) is 0 Å². The molecule has 2 aromatic rings. The van der Waals surface area contributed by atoms with E-state index in [2.05, 4.69) is 9.97 Å². The molecule has 11 heteroatoms. The highest BCUT2D eigenvalue weighted by Gasteiger charge is 2.34. The van der Waals surface area contributed by atoms with Gasteiger partial charge >= 0.3 is 5.97 Å². The normalized spacial score (nSPS) is 15.7. The Hall–Kier alpha value is -3.89.